The minimum Gasteiger partial charge on any atom is -0.466 e. The first-order valence-corrected chi connectivity index (χ1v) is 10.7. The Morgan fingerprint density at radius 1 is 1.12 bits per heavy atom. The summed E-state index contributed by atoms with van der Waals surface area (Å²) >= 11 is 0. The zero-order chi connectivity index (χ0) is 22.3. The van der Waals surface area contributed by atoms with Crippen molar-refractivity contribution in [3.63, 3.8) is 0 Å². The van der Waals surface area contributed by atoms with E-state index in [1.54, 1.807) is 30.5 Å². The molecule has 1 aliphatic rings. The first-order valence-electron chi connectivity index (χ1n) is 10.7. The summed E-state index contributed by atoms with van der Waals surface area (Å²) in [6.45, 7) is 1.17. The van der Waals surface area contributed by atoms with Crippen molar-refractivity contribution in [1.29, 1.82) is 0 Å². The van der Waals surface area contributed by atoms with Crippen molar-refractivity contribution < 1.29 is 13.9 Å². The van der Waals surface area contributed by atoms with Crippen molar-refractivity contribution >= 4 is 11.7 Å². The summed E-state index contributed by atoms with van der Waals surface area (Å²) in [7, 11) is 1.88. The summed E-state index contributed by atoms with van der Waals surface area (Å²) in [6, 6.07) is 15.6. The minimum absolute atomic E-state index is 0.0189. The first-order chi connectivity index (χ1) is 15.6. The molecule has 1 amide bonds. The lowest BCUT2D eigenvalue weighted by molar-refractivity contribution is -0.137. The molecular weight excluding hydrogens is 409 g/mol. The standard InChI is InChI=1S/C24H26FN5O2/c1-29(16-18-8-10-19(25)11-9-18)22-12-13-23(28-27-22)32-17-24(31)30-15-5-3-7-21(30)20-6-2-4-14-26-20/h2,4,6,8-14,21H,3,5,7,15-17H2,1H3/t21-/m1/s1. The zero-order valence-electron chi connectivity index (χ0n) is 18.0. The van der Waals surface area contributed by atoms with E-state index in [0.29, 0.717) is 24.8 Å². The van der Waals surface area contributed by atoms with E-state index in [1.807, 2.05) is 35.0 Å². The third-order valence-electron chi connectivity index (χ3n) is 5.55. The summed E-state index contributed by atoms with van der Waals surface area (Å²) in [5.41, 5.74) is 1.87. The Morgan fingerprint density at radius 3 is 2.69 bits per heavy atom. The molecule has 0 radical (unpaired) electrons. The number of likely N-dealkylation sites (tertiary alicyclic amines) is 1. The van der Waals surface area contributed by atoms with Crippen LogP contribution >= 0.6 is 0 Å². The average molecular weight is 436 g/mol. The molecule has 1 aliphatic heterocycles. The topological polar surface area (TPSA) is 71.5 Å². The quantitative estimate of drug-likeness (QED) is 0.563. The fourth-order valence-electron chi connectivity index (χ4n) is 3.87. The van der Waals surface area contributed by atoms with Crippen LogP contribution < -0.4 is 9.64 Å². The summed E-state index contributed by atoms with van der Waals surface area (Å²) in [6.07, 6.45) is 4.71. The molecule has 1 aromatic carbocycles. The maximum absolute atomic E-state index is 13.1. The molecule has 32 heavy (non-hydrogen) atoms. The molecule has 1 atom stereocenters. The highest BCUT2D eigenvalue weighted by molar-refractivity contribution is 5.78. The molecule has 0 N–H and O–H groups in total. The number of hydrogen-bond donors (Lipinski definition) is 0. The van der Waals surface area contributed by atoms with E-state index in [4.69, 9.17) is 4.74 Å². The molecule has 0 spiro atoms. The van der Waals surface area contributed by atoms with Crippen LogP contribution in [0.3, 0.4) is 0 Å². The molecule has 0 bridgehead atoms. The van der Waals surface area contributed by atoms with Crippen LogP contribution in [0.4, 0.5) is 10.2 Å². The van der Waals surface area contributed by atoms with E-state index in [2.05, 4.69) is 15.2 Å². The number of carbonyl (C=O) groups is 1. The predicted molar refractivity (Wildman–Crippen MR) is 119 cm³/mol. The van der Waals surface area contributed by atoms with Gasteiger partial charge in [-0.05, 0) is 55.2 Å². The number of hydrogen-bond acceptors (Lipinski definition) is 6. The number of rotatable bonds is 7. The highest BCUT2D eigenvalue weighted by Gasteiger charge is 2.29. The van der Waals surface area contributed by atoms with Gasteiger partial charge in [0.2, 0.25) is 5.88 Å². The van der Waals surface area contributed by atoms with Gasteiger partial charge in [0.1, 0.15) is 5.82 Å². The SMILES string of the molecule is CN(Cc1ccc(F)cc1)c1ccc(OCC(=O)N2CCCC[C@@H]2c2ccccn2)nn1. The maximum atomic E-state index is 13.1. The Labute approximate surface area is 186 Å². The van der Waals surface area contributed by atoms with Crippen molar-refractivity contribution in [2.24, 2.45) is 0 Å². The van der Waals surface area contributed by atoms with E-state index >= 15 is 0 Å². The van der Waals surface area contributed by atoms with Gasteiger partial charge in [-0.3, -0.25) is 9.78 Å². The van der Waals surface area contributed by atoms with Gasteiger partial charge in [0.05, 0.1) is 11.7 Å². The Balaban J connectivity index is 1.33. The number of anilines is 1. The van der Waals surface area contributed by atoms with Gasteiger partial charge < -0.3 is 14.5 Å². The Bertz CT molecular complexity index is 1010. The Kier molecular flexibility index (Phi) is 6.89. The molecule has 1 saturated heterocycles. The second-order valence-electron chi connectivity index (χ2n) is 7.85. The van der Waals surface area contributed by atoms with E-state index in [0.717, 1.165) is 30.5 Å². The van der Waals surface area contributed by atoms with Crippen LogP contribution in [0.15, 0.2) is 60.8 Å². The van der Waals surface area contributed by atoms with E-state index < -0.39 is 0 Å². The average Bonchev–Trinajstić information content (AvgIpc) is 2.85. The van der Waals surface area contributed by atoms with Crippen LogP contribution in [0.25, 0.3) is 0 Å². The van der Waals surface area contributed by atoms with Gasteiger partial charge in [-0.15, -0.1) is 10.2 Å². The molecule has 8 heteroatoms. The second kappa shape index (κ2) is 10.2. The lowest BCUT2D eigenvalue weighted by atomic mass is 9.99. The highest BCUT2D eigenvalue weighted by atomic mass is 19.1. The molecule has 0 saturated carbocycles. The minimum atomic E-state index is -0.261. The van der Waals surface area contributed by atoms with Crippen molar-refractivity contribution in [3.05, 3.63) is 77.9 Å². The number of piperidine rings is 1. The van der Waals surface area contributed by atoms with Crippen LogP contribution in [0.5, 0.6) is 5.88 Å². The van der Waals surface area contributed by atoms with Gasteiger partial charge in [-0.2, -0.15) is 0 Å². The smallest absolute Gasteiger partial charge is 0.261 e. The fraction of sp³-hybridized carbons (Fsp3) is 0.333. The van der Waals surface area contributed by atoms with Crippen LogP contribution in [0, 0.1) is 5.82 Å². The lowest BCUT2D eigenvalue weighted by Gasteiger charge is -2.35. The zero-order valence-corrected chi connectivity index (χ0v) is 18.0. The monoisotopic (exact) mass is 435 g/mol. The Morgan fingerprint density at radius 2 is 1.97 bits per heavy atom. The van der Waals surface area contributed by atoms with Crippen LogP contribution in [0.2, 0.25) is 0 Å². The number of halogens is 1. The number of ether oxygens (including phenoxy) is 1. The van der Waals surface area contributed by atoms with Gasteiger partial charge in [-0.25, -0.2) is 4.39 Å². The van der Waals surface area contributed by atoms with Gasteiger partial charge in [0.25, 0.3) is 5.91 Å². The predicted octanol–water partition coefficient (Wildman–Crippen LogP) is 3.78. The number of nitrogens with zero attached hydrogens (tertiary/aromatic N) is 5. The van der Waals surface area contributed by atoms with Crippen molar-refractivity contribution in [2.45, 2.75) is 31.8 Å². The summed E-state index contributed by atoms with van der Waals surface area (Å²) in [5.74, 6) is 0.603. The second-order valence-corrected chi connectivity index (χ2v) is 7.85. The molecule has 166 valence electrons. The lowest BCUT2D eigenvalue weighted by Crippen LogP contribution is -2.41. The normalized spacial score (nSPS) is 15.9. The van der Waals surface area contributed by atoms with Gasteiger partial charge >= 0.3 is 0 Å². The molecule has 2 aromatic heterocycles. The molecule has 4 rings (SSSR count). The number of aromatic nitrogens is 3. The summed E-state index contributed by atoms with van der Waals surface area (Å²) in [5, 5.41) is 8.28. The third kappa shape index (κ3) is 5.38. The Hall–Kier alpha value is -3.55. The molecule has 3 heterocycles. The number of amides is 1. The largest absolute Gasteiger partial charge is 0.466 e. The van der Waals surface area contributed by atoms with E-state index in [9.17, 15) is 9.18 Å². The number of pyridine rings is 1. The van der Waals surface area contributed by atoms with Crippen LogP contribution in [0.1, 0.15) is 36.6 Å². The third-order valence-corrected chi connectivity index (χ3v) is 5.55. The fourth-order valence-corrected chi connectivity index (χ4v) is 3.87. The highest BCUT2D eigenvalue weighted by Crippen LogP contribution is 2.29. The number of benzene rings is 1. The van der Waals surface area contributed by atoms with Gasteiger partial charge in [-0.1, -0.05) is 18.2 Å². The molecule has 7 nitrogen and oxygen atoms in total. The maximum Gasteiger partial charge on any atom is 0.261 e. The van der Waals surface area contributed by atoms with Crippen LogP contribution in [-0.4, -0.2) is 46.2 Å². The van der Waals surface area contributed by atoms with Crippen LogP contribution in [-0.2, 0) is 11.3 Å². The van der Waals surface area contributed by atoms with Crippen molar-refractivity contribution in [3.8, 4) is 5.88 Å². The van der Waals surface area contributed by atoms with Gasteiger partial charge in [0, 0.05) is 32.4 Å². The van der Waals surface area contributed by atoms with E-state index in [-0.39, 0.29) is 24.4 Å². The molecule has 0 unspecified atom stereocenters. The van der Waals surface area contributed by atoms with Crippen molar-refractivity contribution in [1.82, 2.24) is 20.1 Å². The van der Waals surface area contributed by atoms with Crippen molar-refractivity contribution in [2.75, 3.05) is 25.1 Å². The first kappa shape index (κ1) is 21.7. The summed E-state index contributed by atoms with van der Waals surface area (Å²) in [4.78, 5) is 21.0. The molecule has 0 aliphatic carbocycles. The molecule has 3 aromatic rings. The van der Waals surface area contributed by atoms with Gasteiger partial charge in [0.15, 0.2) is 12.4 Å². The summed E-state index contributed by atoms with van der Waals surface area (Å²) < 4.78 is 18.7. The molecule has 1 fully saturated rings. The number of carbonyl (C=O) groups excluding carboxylic acids is 1. The molecular formula is C24H26FN5O2. The van der Waals surface area contributed by atoms with E-state index in [1.165, 1.54) is 12.1 Å².